The lowest BCUT2D eigenvalue weighted by atomic mass is 10.2. The molecule has 0 bridgehead atoms. The minimum Gasteiger partial charge on any atom is -0.369 e. The Morgan fingerprint density at radius 3 is 2.94 bits per heavy atom. The molecule has 4 N–H and O–H groups in total. The molecule has 2 aromatic rings. The van der Waals surface area contributed by atoms with Crippen molar-refractivity contribution in [2.75, 3.05) is 18.4 Å². The topological polar surface area (TPSA) is 101 Å². The first-order valence-corrected chi connectivity index (χ1v) is 6.19. The van der Waals surface area contributed by atoms with Crippen LogP contribution in [0.2, 0.25) is 0 Å². The quantitative estimate of drug-likeness (QED) is 0.615. The summed E-state index contributed by atoms with van der Waals surface area (Å²) in [5.41, 5.74) is 5.62. The number of H-pyrrole nitrogens is 1. The highest BCUT2D eigenvalue weighted by Crippen LogP contribution is 2.04. The van der Waals surface area contributed by atoms with Crippen molar-refractivity contribution in [1.82, 2.24) is 19.8 Å². The number of nitrogens with two attached hydrogens (primary N) is 1. The Labute approximate surface area is 104 Å². The van der Waals surface area contributed by atoms with Crippen LogP contribution < -0.4 is 16.7 Å². The number of hydrogen-bond donors (Lipinski definition) is 3. The fraction of sp³-hybridized carbons (Fsp3) is 0.545. The Morgan fingerprint density at radius 2 is 2.11 bits per heavy atom. The van der Waals surface area contributed by atoms with Gasteiger partial charge < -0.3 is 11.1 Å². The SMILES string of the molecule is NCCCCCCNc1ccc2n[nH]c(=O)n2n1. The van der Waals surface area contributed by atoms with Crippen molar-refractivity contribution in [2.24, 2.45) is 5.73 Å². The normalized spacial score (nSPS) is 10.9. The van der Waals surface area contributed by atoms with Crippen molar-refractivity contribution in [1.29, 1.82) is 0 Å². The highest BCUT2D eigenvalue weighted by atomic mass is 16.2. The molecule has 7 nitrogen and oxygen atoms in total. The fourth-order valence-electron chi connectivity index (χ4n) is 1.74. The second kappa shape index (κ2) is 6.15. The predicted molar refractivity (Wildman–Crippen MR) is 69.6 cm³/mol. The second-order valence-electron chi connectivity index (χ2n) is 4.15. The Morgan fingerprint density at radius 1 is 1.28 bits per heavy atom. The van der Waals surface area contributed by atoms with E-state index in [0.29, 0.717) is 11.5 Å². The van der Waals surface area contributed by atoms with Gasteiger partial charge in [-0.25, -0.2) is 9.89 Å². The largest absolute Gasteiger partial charge is 0.369 e. The molecular formula is C11H18N6O. The molecular weight excluding hydrogens is 232 g/mol. The molecule has 0 aliphatic heterocycles. The summed E-state index contributed by atoms with van der Waals surface area (Å²) >= 11 is 0. The predicted octanol–water partition coefficient (Wildman–Crippen LogP) is 0.349. The Bertz CT molecular complexity index is 546. The molecule has 0 aliphatic carbocycles. The highest BCUT2D eigenvalue weighted by Gasteiger charge is 2.01. The molecule has 0 aromatic carbocycles. The van der Waals surface area contributed by atoms with Crippen LogP contribution in [0.25, 0.3) is 5.65 Å². The molecule has 2 rings (SSSR count). The summed E-state index contributed by atoms with van der Waals surface area (Å²) in [6.07, 6.45) is 4.46. The smallest absolute Gasteiger partial charge is 0.364 e. The van der Waals surface area contributed by atoms with Gasteiger partial charge >= 0.3 is 5.69 Å². The molecule has 0 saturated heterocycles. The minimum absolute atomic E-state index is 0.323. The molecule has 0 amide bonds. The van der Waals surface area contributed by atoms with E-state index in [2.05, 4.69) is 20.6 Å². The Hall–Kier alpha value is -1.89. The van der Waals surface area contributed by atoms with Crippen LogP contribution in [0.1, 0.15) is 25.7 Å². The van der Waals surface area contributed by atoms with E-state index in [9.17, 15) is 4.79 Å². The monoisotopic (exact) mass is 250 g/mol. The van der Waals surface area contributed by atoms with E-state index in [1.807, 2.05) is 6.07 Å². The molecule has 18 heavy (non-hydrogen) atoms. The highest BCUT2D eigenvalue weighted by molar-refractivity contribution is 5.42. The number of aromatic amines is 1. The van der Waals surface area contributed by atoms with Gasteiger partial charge in [0.25, 0.3) is 0 Å². The third-order valence-corrected chi connectivity index (χ3v) is 2.71. The van der Waals surface area contributed by atoms with Crippen molar-refractivity contribution in [3.8, 4) is 0 Å². The lowest BCUT2D eigenvalue weighted by Crippen LogP contribution is -2.14. The maximum absolute atomic E-state index is 11.3. The third-order valence-electron chi connectivity index (χ3n) is 2.71. The summed E-state index contributed by atoms with van der Waals surface area (Å²) in [6, 6.07) is 3.57. The molecule has 7 heteroatoms. The van der Waals surface area contributed by atoms with Gasteiger partial charge in [-0.3, -0.25) is 0 Å². The average Bonchev–Trinajstić information content (AvgIpc) is 2.75. The minimum atomic E-state index is -0.323. The molecule has 0 radical (unpaired) electrons. The van der Waals surface area contributed by atoms with Crippen LogP contribution in [0, 0.1) is 0 Å². The first-order chi connectivity index (χ1) is 8.81. The molecule has 0 spiro atoms. The van der Waals surface area contributed by atoms with Crippen LogP contribution >= 0.6 is 0 Å². The van der Waals surface area contributed by atoms with Gasteiger partial charge in [0.1, 0.15) is 5.82 Å². The number of unbranched alkanes of at least 4 members (excludes halogenated alkanes) is 3. The number of hydrogen-bond acceptors (Lipinski definition) is 5. The molecule has 2 aromatic heterocycles. The van der Waals surface area contributed by atoms with Crippen LogP contribution in [0.5, 0.6) is 0 Å². The lowest BCUT2D eigenvalue weighted by molar-refractivity contribution is 0.660. The average molecular weight is 250 g/mol. The summed E-state index contributed by atoms with van der Waals surface area (Å²) in [7, 11) is 0. The van der Waals surface area contributed by atoms with Gasteiger partial charge in [0.15, 0.2) is 5.65 Å². The van der Waals surface area contributed by atoms with Crippen molar-refractivity contribution >= 4 is 11.5 Å². The van der Waals surface area contributed by atoms with E-state index in [0.717, 1.165) is 38.8 Å². The van der Waals surface area contributed by atoms with Gasteiger partial charge in [-0.1, -0.05) is 12.8 Å². The van der Waals surface area contributed by atoms with Crippen molar-refractivity contribution in [3.63, 3.8) is 0 Å². The van der Waals surface area contributed by atoms with E-state index in [1.54, 1.807) is 6.07 Å². The number of aromatic nitrogens is 4. The van der Waals surface area contributed by atoms with Gasteiger partial charge in [-0.2, -0.15) is 9.61 Å². The number of fused-ring (bicyclic) bond motifs is 1. The molecule has 0 aliphatic rings. The summed E-state index contributed by atoms with van der Waals surface area (Å²) in [5.74, 6) is 0.685. The standard InChI is InChI=1S/C11H18N6O/c12-7-3-1-2-4-8-13-9-5-6-10-14-15-11(18)17(10)16-9/h5-6H,1-4,7-8,12H2,(H,13,16)(H,15,18). The van der Waals surface area contributed by atoms with Gasteiger partial charge in [-0.15, -0.1) is 5.10 Å². The molecule has 2 heterocycles. The van der Waals surface area contributed by atoms with Gasteiger partial charge in [0, 0.05) is 6.54 Å². The van der Waals surface area contributed by atoms with E-state index in [-0.39, 0.29) is 5.69 Å². The van der Waals surface area contributed by atoms with Crippen molar-refractivity contribution in [3.05, 3.63) is 22.6 Å². The maximum atomic E-state index is 11.3. The van der Waals surface area contributed by atoms with E-state index >= 15 is 0 Å². The summed E-state index contributed by atoms with van der Waals surface area (Å²) < 4.78 is 1.25. The number of nitrogens with zero attached hydrogens (tertiary/aromatic N) is 3. The summed E-state index contributed by atoms with van der Waals surface area (Å²) in [6.45, 7) is 1.60. The van der Waals surface area contributed by atoms with E-state index < -0.39 is 0 Å². The lowest BCUT2D eigenvalue weighted by Gasteiger charge is -2.04. The fourth-order valence-corrected chi connectivity index (χ4v) is 1.74. The number of anilines is 1. The first-order valence-electron chi connectivity index (χ1n) is 6.19. The van der Waals surface area contributed by atoms with E-state index in [4.69, 9.17) is 5.73 Å². The van der Waals surface area contributed by atoms with Crippen LogP contribution in [-0.2, 0) is 0 Å². The van der Waals surface area contributed by atoms with Crippen LogP contribution in [0.15, 0.2) is 16.9 Å². The van der Waals surface area contributed by atoms with Crippen LogP contribution in [0.4, 0.5) is 5.82 Å². The van der Waals surface area contributed by atoms with Crippen molar-refractivity contribution < 1.29 is 0 Å². The molecule has 0 unspecified atom stereocenters. The molecule has 0 fully saturated rings. The van der Waals surface area contributed by atoms with Gasteiger partial charge in [0.05, 0.1) is 0 Å². The Balaban J connectivity index is 1.84. The number of nitrogens with one attached hydrogen (secondary N) is 2. The molecule has 0 atom stereocenters. The zero-order chi connectivity index (χ0) is 12.8. The summed E-state index contributed by atoms with van der Waals surface area (Å²) in [4.78, 5) is 11.3. The first kappa shape index (κ1) is 12.6. The zero-order valence-corrected chi connectivity index (χ0v) is 10.2. The zero-order valence-electron chi connectivity index (χ0n) is 10.2. The molecule has 98 valence electrons. The van der Waals surface area contributed by atoms with Gasteiger partial charge in [0.2, 0.25) is 0 Å². The third kappa shape index (κ3) is 3.07. The van der Waals surface area contributed by atoms with E-state index in [1.165, 1.54) is 4.52 Å². The number of rotatable bonds is 7. The van der Waals surface area contributed by atoms with Crippen LogP contribution in [0.3, 0.4) is 0 Å². The van der Waals surface area contributed by atoms with Crippen molar-refractivity contribution in [2.45, 2.75) is 25.7 Å². The maximum Gasteiger partial charge on any atom is 0.364 e. The Kier molecular flexibility index (Phi) is 4.30. The van der Waals surface area contributed by atoms with Crippen LogP contribution in [-0.4, -0.2) is 32.9 Å². The van der Waals surface area contributed by atoms with Gasteiger partial charge in [-0.05, 0) is 31.5 Å². The summed E-state index contributed by atoms with van der Waals surface area (Å²) in [5, 5.41) is 13.5. The molecule has 0 saturated carbocycles. The second-order valence-corrected chi connectivity index (χ2v) is 4.15.